The van der Waals surface area contributed by atoms with Crippen LogP contribution in [0.2, 0.25) is 0 Å². The first-order valence-corrected chi connectivity index (χ1v) is 6.30. The highest BCUT2D eigenvalue weighted by Crippen LogP contribution is 2.24. The van der Waals surface area contributed by atoms with Gasteiger partial charge in [-0.2, -0.15) is 10.4 Å². The lowest BCUT2D eigenvalue weighted by Gasteiger charge is -2.12. The van der Waals surface area contributed by atoms with Crippen molar-refractivity contribution in [2.24, 2.45) is 0 Å². The highest BCUT2D eigenvalue weighted by molar-refractivity contribution is 5.39. The van der Waals surface area contributed by atoms with E-state index >= 15 is 0 Å². The second-order valence-corrected chi connectivity index (χ2v) is 4.71. The SMILES string of the molecule is Cc1nn(CC(O)c2ccc(C#N)cc2)c(C)c1[N+](=O)[O-]. The average Bonchev–Trinajstić information content (AvgIpc) is 2.73. The predicted octanol–water partition coefficient (Wildman–Crippen LogP) is 2.01. The summed E-state index contributed by atoms with van der Waals surface area (Å²) in [7, 11) is 0. The van der Waals surface area contributed by atoms with E-state index in [0.29, 0.717) is 22.5 Å². The van der Waals surface area contributed by atoms with Gasteiger partial charge in [0.15, 0.2) is 0 Å². The van der Waals surface area contributed by atoms with Crippen LogP contribution in [-0.2, 0) is 6.54 Å². The van der Waals surface area contributed by atoms with Crippen LogP contribution in [0.4, 0.5) is 5.69 Å². The summed E-state index contributed by atoms with van der Waals surface area (Å²) < 4.78 is 1.43. The van der Waals surface area contributed by atoms with E-state index in [0.717, 1.165) is 0 Å². The molecule has 0 saturated carbocycles. The first-order chi connectivity index (χ1) is 9.93. The van der Waals surface area contributed by atoms with E-state index in [-0.39, 0.29) is 12.2 Å². The van der Waals surface area contributed by atoms with Crippen LogP contribution in [-0.4, -0.2) is 19.8 Å². The Morgan fingerprint density at radius 3 is 2.52 bits per heavy atom. The van der Waals surface area contributed by atoms with Gasteiger partial charge in [-0.3, -0.25) is 14.8 Å². The van der Waals surface area contributed by atoms with Crippen LogP contribution < -0.4 is 0 Å². The first-order valence-electron chi connectivity index (χ1n) is 6.30. The van der Waals surface area contributed by atoms with Gasteiger partial charge in [0, 0.05) is 0 Å². The molecule has 1 aromatic heterocycles. The fourth-order valence-corrected chi connectivity index (χ4v) is 2.18. The molecule has 1 heterocycles. The molecule has 21 heavy (non-hydrogen) atoms. The van der Waals surface area contributed by atoms with Gasteiger partial charge in [-0.1, -0.05) is 12.1 Å². The summed E-state index contributed by atoms with van der Waals surface area (Å²) >= 11 is 0. The van der Waals surface area contributed by atoms with E-state index in [1.165, 1.54) is 4.68 Å². The molecule has 108 valence electrons. The molecular weight excluding hydrogens is 272 g/mol. The van der Waals surface area contributed by atoms with Gasteiger partial charge in [0.2, 0.25) is 0 Å². The third-order valence-corrected chi connectivity index (χ3v) is 3.30. The van der Waals surface area contributed by atoms with Crippen molar-refractivity contribution in [1.82, 2.24) is 9.78 Å². The maximum Gasteiger partial charge on any atom is 0.312 e. The molecule has 1 aromatic carbocycles. The molecule has 2 aromatic rings. The van der Waals surface area contributed by atoms with E-state index in [2.05, 4.69) is 5.10 Å². The number of aliphatic hydroxyl groups is 1. The van der Waals surface area contributed by atoms with Crippen molar-refractivity contribution in [2.45, 2.75) is 26.5 Å². The molecule has 0 amide bonds. The Morgan fingerprint density at radius 1 is 1.43 bits per heavy atom. The fraction of sp³-hybridized carbons (Fsp3) is 0.286. The van der Waals surface area contributed by atoms with Crippen molar-refractivity contribution in [3.05, 3.63) is 56.9 Å². The van der Waals surface area contributed by atoms with Crippen molar-refractivity contribution in [1.29, 1.82) is 5.26 Å². The van der Waals surface area contributed by atoms with Crippen molar-refractivity contribution in [2.75, 3.05) is 0 Å². The van der Waals surface area contributed by atoms with E-state index in [1.54, 1.807) is 38.1 Å². The normalized spacial score (nSPS) is 11.9. The van der Waals surface area contributed by atoms with Gasteiger partial charge < -0.3 is 5.11 Å². The summed E-state index contributed by atoms with van der Waals surface area (Å²) in [5, 5.41) is 34.0. The number of hydrogen-bond acceptors (Lipinski definition) is 5. The summed E-state index contributed by atoms with van der Waals surface area (Å²) in [6.45, 7) is 3.28. The number of nitrogens with zero attached hydrogens (tertiary/aromatic N) is 4. The molecular formula is C14H14N4O3. The Kier molecular flexibility index (Phi) is 4.00. The number of benzene rings is 1. The van der Waals surface area contributed by atoms with Crippen molar-refractivity contribution >= 4 is 5.69 Å². The molecule has 7 heteroatoms. The highest BCUT2D eigenvalue weighted by Gasteiger charge is 2.23. The Balaban J connectivity index is 2.23. The zero-order chi connectivity index (χ0) is 15.6. The fourth-order valence-electron chi connectivity index (χ4n) is 2.18. The number of aromatic nitrogens is 2. The molecule has 1 atom stereocenters. The zero-order valence-electron chi connectivity index (χ0n) is 11.6. The molecule has 0 fully saturated rings. The van der Waals surface area contributed by atoms with Gasteiger partial charge in [0.25, 0.3) is 0 Å². The smallest absolute Gasteiger partial charge is 0.312 e. The predicted molar refractivity (Wildman–Crippen MR) is 74.5 cm³/mol. The maximum atomic E-state index is 10.9. The second kappa shape index (κ2) is 5.73. The third kappa shape index (κ3) is 2.90. The van der Waals surface area contributed by atoms with Gasteiger partial charge in [0.05, 0.1) is 29.2 Å². The Hall–Kier alpha value is -2.72. The van der Waals surface area contributed by atoms with Gasteiger partial charge in [-0.05, 0) is 31.5 Å². The monoisotopic (exact) mass is 286 g/mol. The summed E-state index contributed by atoms with van der Waals surface area (Å²) in [5.74, 6) is 0. The minimum absolute atomic E-state index is 0.0259. The van der Waals surface area contributed by atoms with Crippen LogP contribution >= 0.6 is 0 Å². The standard InChI is InChI=1S/C14H14N4O3/c1-9-14(18(20)21)10(2)17(16-9)8-13(19)12-5-3-11(7-15)4-6-12/h3-6,13,19H,8H2,1-2H3. The number of aliphatic hydroxyl groups excluding tert-OH is 1. The quantitative estimate of drug-likeness (QED) is 0.683. The number of aryl methyl sites for hydroxylation is 1. The lowest BCUT2D eigenvalue weighted by Crippen LogP contribution is -2.11. The summed E-state index contributed by atoms with van der Waals surface area (Å²) in [6, 6.07) is 8.54. The highest BCUT2D eigenvalue weighted by atomic mass is 16.6. The van der Waals surface area contributed by atoms with Gasteiger partial charge >= 0.3 is 5.69 Å². The van der Waals surface area contributed by atoms with E-state index in [9.17, 15) is 15.2 Å². The minimum atomic E-state index is -0.852. The van der Waals surface area contributed by atoms with Crippen LogP contribution in [0.25, 0.3) is 0 Å². The maximum absolute atomic E-state index is 10.9. The molecule has 2 rings (SSSR count). The van der Waals surface area contributed by atoms with Crippen LogP contribution in [0.5, 0.6) is 0 Å². The summed E-state index contributed by atoms with van der Waals surface area (Å²) in [6.07, 6.45) is -0.852. The second-order valence-electron chi connectivity index (χ2n) is 4.71. The first kappa shape index (κ1) is 14.7. The molecule has 1 N–H and O–H groups in total. The molecule has 0 saturated heterocycles. The molecule has 0 aliphatic rings. The molecule has 0 radical (unpaired) electrons. The van der Waals surface area contributed by atoms with E-state index < -0.39 is 11.0 Å². The average molecular weight is 286 g/mol. The van der Waals surface area contributed by atoms with Gasteiger partial charge in [-0.25, -0.2) is 0 Å². The Bertz CT molecular complexity index is 713. The minimum Gasteiger partial charge on any atom is -0.386 e. The van der Waals surface area contributed by atoms with E-state index in [4.69, 9.17) is 5.26 Å². The molecule has 0 spiro atoms. The number of rotatable bonds is 4. The van der Waals surface area contributed by atoms with Crippen LogP contribution in [0, 0.1) is 35.3 Å². The summed E-state index contributed by atoms with van der Waals surface area (Å²) in [4.78, 5) is 10.5. The van der Waals surface area contributed by atoms with Crippen molar-refractivity contribution in [3.63, 3.8) is 0 Å². The Labute approximate surface area is 121 Å². The van der Waals surface area contributed by atoms with Gasteiger partial charge in [0.1, 0.15) is 11.4 Å². The molecule has 7 nitrogen and oxygen atoms in total. The zero-order valence-corrected chi connectivity index (χ0v) is 11.6. The van der Waals surface area contributed by atoms with Crippen LogP contribution in [0.1, 0.15) is 28.6 Å². The Morgan fingerprint density at radius 2 is 2.05 bits per heavy atom. The molecule has 0 bridgehead atoms. The van der Waals surface area contributed by atoms with Crippen molar-refractivity contribution < 1.29 is 10.0 Å². The molecule has 0 aliphatic heterocycles. The third-order valence-electron chi connectivity index (χ3n) is 3.30. The molecule has 0 aliphatic carbocycles. The number of hydrogen-bond donors (Lipinski definition) is 1. The van der Waals surface area contributed by atoms with Crippen molar-refractivity contribution in [3.8, 4) is 6.07 Å². The van der Waals surface area contributed by atoms with Crippen LogP contribution in [0.3, 0.4) is 0 Å². The molecule has 1 unspecified atom stereocenters. The lowest BCUT2D eigenvalue weighted by molar-refractivity contribution is -0.386. The summed E-state index contributed by atoms with van der Waals surface area (Å²) in [5.41, 5.74) is 1.84. The van der Waals surface area contributed by atoms with Gasteiger partial charge in [-0.15, -0.1) is 0 Å². The lowest BCUT2D eigenvalue weighted by atomic mass is 10.1. The number of nitro groups is 1. The largest absolute Gasteiger partial charge is 0.386 e. The van der Waals surface area contributed by atoms with Crippen LogP contribution in [0.15, 0.2) is 24.3 Å². The van der Waals surface area contributed by atoms with E-state index in [1.807, 2.05) is 6.07 Å². The topological polar surface area (TPSA) is 105 Å². The number of nitriles is 1.